The summed E-state index contributed by atoms with van der Waals surface area (Å²) < 4.78 is 2.50. The number of amides is 1. The van der Waals surface area contributed by atoms with Gasteiger partial charge in [0, 0.05) is 58.5 Å². The Hall–Kier alpha value is -1.89. The molecular weight excluding hydrogens is 260 g/mol. The molecule has 1 fully saturated rings. The number of likely N-dealkylation sites (tertiary alicyclic amines) is 1. The molecule has 1 unspecified atom stereocenters. The van der Waals surface area contributed by atoms with E-state index in [0.29, 0.717) is 25.1 Å². The first-order valence-corrected chi connectivity index (χ1v) is 6.63. The van der Waals surface area contributed by atoms with Crippen molar-refractivity contribution < 1.29 is 4.79 Å². The molecule has 1 amide bonds. The van der Waals surface area contributed by atoms with Crippen molar-refractivity contribution in [1.82, 2.24) is 19.4 Å². The number of aromatic nitrogens is 2. The Morgan fingerprint density at radius 1 is 1.25 bits per heavy atom. The molecule has 2 rings (SSSR count). The van der Waals surface area contributed by atoms with Crippen molar-refractivity contribution in [2.45, 2.75) is 25.4 Å². The molecule has 1 aliphatic heterocycles. The second-order valence-corrected chi connectivity index (χ2v) is 5.30. The molecule has 7 nitrogen and oxygen atoms in total. The van der Waals surface area contributed by atoms with Crippen LogP contribution in [0.25, 0.3) is 0 Å². The Labute approximate surface area is 116 Å². The minimum atomic E-state index is -0.332. The van der Waals surface area contributed by atoms with Gasteiger partial charge in [0.05, 0.1) is 0 Å². The molecule has 0 aromatic carbocycles. The summed E-state index contributed by atoms with van der Waals surface area (Å²) in [5.41, 5.74) is -0.0586. The van der Waals surface area contributed by atoms with Gasteiger partial charge in [0.15, 0.2) is 0 Å². The Kier molecular flexibility index (Phi) is 4.08. The lowest BCUT2D eigenvalue weighted by atomic mass is 10.1. The second-order valence-electron chi connectivity index (χ2n) is 5.30. The highest BCUT2D eigenvalue weighted by Gasteiger charge is 2.22. The predicted octanol–water partition coefficient (Wildman–Crippen LogP) is -1.21. The maximum Gasteiger partial charge on any atom is 0.330 e. The summed E-state index contributed by atoms with van der Waals surface area (Å²) in [6.07, 6.45) is 2.87. The van der Waals surface area contributed by atoms with Crippen LogP contribution >= 0.6 is 0 Å². The van der Waals surface area contributed by atoms with Crippen LogP contribution in [0.3, 0.4) is 0 Å². The lowest BCUT2D eigenvalue weighted by molar-refractivity contribution is -0.132. The van der Waals surface area contributed by atoms with E-state index in [1.54, 1.807) is 25.2 Å². The minimum Gasteiger partial charge on any atom is -0.344 e. The summed E-state index contributed by atoms with van der Waals surface area (Å²) in [6.45, 7) is 1.04. The minimum absolute atomic E-state index is 0.154. The number of hydrogen-bond donors (Lipinski definition) is 1. The number of hydrogen-bond acceptors (Lipinski definition) is 4. The molecule has 110 valence electrons. The third-order valence-corrected chi connectivity index (χ3v) is 3.73. The van der Waals surface area contributed by atoms with Crippen LogP contribution in [0.5, 0.6) is 0 Å². The van der Waals surface area contributed by atoms with E-state index in [2.05, 4.69) is 5.32 Å². The fourth-order valence-electron chi connectivity index (χ4n) is 2.44. The summed E-state index contributed by atoms with van der Waals surface area (Å²) in [4.78, 5) is 36.7. The summed E-state index contributed by atoms with van der Waals surface area (Å²) in [6, 6.07) is 0.180. The molecule has 1 atom stereocenters. The average molecular weight is 280 g/mol. The van der Waals surface area contributed by atoms with Crippen molar-refractivity contribution in [1.29, 1.82) is 0 Å². The number of carbonyl (C=O) groups excluding carboxylic acids is 1. The summed E-state index contributed by atoms with van der Waals surface area (Å²) in [5, 5.41) is 3.28. The van der Waals surface area contributed by atoms with Crippen LogP contribution in [0.1, 0.15) is 18.4 Å². The molecule has 0 bridgehead atoms. The molecule has 1 aromatic rings. The summed E-state index contributed by atoms with van der Waals surface area (Å²) in [7, 11) is 4.88. The van der Waals surface area contributed by atoms with E-state index in [-0.39, 0.29) is 23.2 Å². The molecule has 20 heavy (non-hydrogen) atoms. The van der Waals surface area contributed by atoms with Gasteiger partial charge in [-0.2, -0.15) is 0 Å². The number of nitrogens with one attached hydrogen (secondary N) is 1. The maximum atomic E-state index is 12.0. The summed E-state index contributed by atoms with van der Waals surface area (Å²) in [5.74, 6) is 0.154. The van der Waals surface area contributed by atoms with Gasteiger partial charge in [-0.25, -0.2) is 4.79 Å². The van der Waals surface area contributed by atoms with Gasteiger partial charge in [0.25, 0.3) is 5.56 Å². The van der Waals surface area contributed by atoms with Crippen LogP contribution in [0.4, 0.5) is 0 Å². The van der Waals surface area contributed by atoms with Crippen molar-refractivity contribution >= 4 is 5.91 Å². The number of rotatable bonds is 3. The number of carbonyl (C=O) groups is 1. The van der Waals surface area contributed by atoms with E-state index in [1.807, 2.05) is 0 Å². The zero-order valence-corrected chi connectivity index (χ0v) is 12.0. The van der Waals surface area contributed by atoms with Gasteiger partial charge >= 0.3 is 5.69 Å². The molecule has 1 N–H and O–H groups in total. The van der Waals surface area contributed by atoms with E-state index in [0.717, 1.165) is 11.0 Å². The van der Waals surface area contributed by atoms with Gasteiger partial charge in [0.2, 0.25) is 5.91 Å². The largest absolute Gasteiger partial charge is 0.344 e. The standard InChI is InChI=1S/C13H20N4O3/c1-15-8-10(4-5-11(15)18)14-6-9-7-16(2)13(20)17(3)12(9)19/h7,10,14H,4-6,8H2,1-3H3. The first kappa shape index (κ1) is 14.5. The normalized spacial score (nSPS) is 19.4. The van der Waals surface area contributed by atoms with E-state index in [1.165, 1.54) is 11.6 Å². The van der Waals surface area contributed by atoms with Crippen molar-refractivity contribution in [2.75, 3.05) is 13.6 Å². The van der Waals surface area contributed by atoms with Crippen molar-refractivity contribution in [3.63, 3.8) is 0 Å². The van der Waals surface area contributed by atoms with Crippen LogP contribution in [-0.4, -0.2) is 39.6 Å². The monoisotopic (exact) mass is 280 g/mol. The van der Waals surface area contributed by atoms with Gasteiger partial charge in [-0.15, -0.1) is 0 Å². The molecule has 1 aromatic heterocycles. The molecule has 7 heteroatoms. The lowest BCUT2D eigenvalue weighted by Crippen LogP contribution is -2.47. The summed E-state index contributed by atoms with van der Waals surface area (Å²) >= 11 is 0. The molecule has 0 aliphatic carbocycles. The number of nitrogens with zero attached hydrogens (tertiary/aromatic N) is 3. The highest BCUT2D eigenvalue weighted by atomic mass is 16.2. The Bertz CT molecular complexity index is 631. The van der Waals surface area contributed by atoms with E-state index in [9.17, 15) is 14.4 Å². The van der Waals surface area contributed by atoms with E-state index < -0.39 is 0 Å². The molecule has 0 radical (unpaired) electrons. The van der Waals surface area contributed by atoms with E-state index in [4.69, 9.17) is 0 Å². The molecule has 1 aliphatic rings. The van der Waals surface area contributed by atoms with E-state index >= 15 is 0 Å². The zero-order chi connectivity index (χ0) is 14.9. The van der Waals surface area contributed by atoms with Gasteiger partial charge in [-0.3, -0.25) is 14.2 Å². The van der Waals surface area contributed by atoms with Crippen LogP contribution < -0.4 is 16.6 Å². The molecule has 0 spiro atoms. The molecule has 0 saturated carbocycles. The van der Waals surface area contributed by atoms with Crippen molar-refractivity contribution in [2.24, 2.45) is 14.1 Å². The first-order valence-electron chi connectivity index (χ1n) is 6.63. The topological polar surface area (TPSA) is 76.3 Å². The quantitative estimate of drug-likeness (QED) is 0.754. The van der Waals surface area contributed by atoms with Gasteiger partial charge in [-0.05, 0) is 6.42 Å². The SMILES string of the molecule is CN1CC(NCc2cn(C)c(=O)n(C)c2=O)CCC1=O. The Balaban J connectivity index is 2.07. The second kappa shape index (κ2) is 5.62. The molecule has 1 saturated heterocycles. The average Bonchev–Trinajstić information content (AvgIpc) is 2.42. The predicted molar refractivity (Wildman–Crippen MR) is 74.4 cm³/mol. The van der Waals surface area contributed by atoms with Gasteiger partial charge in [-0.1, -0.05) is 0 Å². The Morgan fingerprint density at radius 3 is 2.60 bits per heavy atom. The fraction of sp³-hybridized carbons (Fsp3) is 0.615. The van der Waals surface area contributed by atoms with Gasteiger partial charge < -0.3 is 14.8 Å². The number of likely N-dealkylation sites (N-methyl/N-ethyl adjacent to an activating group) is 1. The van der Waals surface area contributed by atoms with Crippen molar-refractivity contribution in [3.05, 3.63) is 32.6 Å². The molecular formula is C13H20N4O3. The molecule has 2 heterocycles. The third kappa shape index (κ3) is 2.82. The highest BCUT2D eigenvalue weighted by molar-refractivity contribution is 5.76. The fourth-order valence-corrected chi connectivity index (χ4v) is 2.44. The lowest BCUT2D eigenvalue weighted by Gasteiger charge is -2.30. The first-order chi connectivity index (χ1) is 9.40. The third-order valence-electron chi connectivity index (χ3n) is 3.73. The maximum absolute atomic E-state index is 12.0. The highest BCUT2D eigenvalue weighted by Crippen LogP contribution is 2.09. The van der Waals surface area contributed by atoms with Crippen LogP contribution in [0, 0.1) is 0 Å². The van der Waals surface area contributed by atoms with Crippen LogP contribution in [0.15, 0.2) is 15.8 Å². The zero-order valence-electron chi connectivity index (χ0n) is 12.0. The van der Waals surface area contributed by atoms with Crippen molar-refractivity contribution in [3.8, 4) is 0 Å². The number of piperidine rings is 1. The smallest absolute Gasteiger partial charge is 0.330 e. The van der Waals surface area contributed by atoms with Crippen LogP contribution in [-0.2, 0) is 25.4 Å². The van der Waals surface area contributed by atoms with Crippen LogP contribution in [0.2, 0.25) is 0 Å². The Morgan fingerprint density at radius 2 is 1.95 bits per heavy atom. The van der Waals surface area contributed by atoms with Gasteiger partial charge in [0.1, 0.15) is 0 Å². The number of aryl methyl sites for hydroxylation is 1.